The molecule has 0 saturated carbocycles. The molecule has 18 heavy (non-hydrogen) atoms. The zero-order chi connectivity index (χ0) is 13.2. The lowest BCUT2D eigenvalue weighted by atomic mass is 10.1. The van der Waals surface area contributed by atoms with Crippen molar-refractivity contribution in [1.29, 1.82) is 0 Å². The van der Waals surface area contributed by atoms with Crippen molar-refractivity contribution in [3.8, 4) is 5.75 Å². The summed E-state index contributed by atoms with van der Waals surface area (Å²) in [7, 11) is 0. The summed E-state index contributed by atoms with van der Waals surface area (Å²) >= 11 is 0. The molecule has 0 aliphatic carbocycles. The zero-order valence-electron chi connectivity index (χ0n) is 12.0. The van der Waals surface area contributed by atoms with Gasteiger partial charge >= 0.3 is 0 Å². The van der Waals surface area contributed by atoms with Crippen LogP contribution in [0.15, 0.2) is 24.3 Å². The van der Waals surface area contributed by atoms with Crippen LogP contribution in [0.5, 0.6) is 5.75 Å². The van der Waals surface area contributed by atoms with E-state index in [1.165, 1.54) is 24.8 Å². The number of nitrogens with one attached hydrogen (secondary N) is 1. The Hall–Kier alpha value is -1.02. The minimum Gasteiger partial charge on any atom is -0.494 e. The van der Waals surface area contributed by atoms with Crippen molar-refractivity contribution in [1.82, 2.24) is 5.32 Å². The lowest BCUT2D eigenvalue weighted by Crippen LogP contribution is -2.19. The lowest BCUT2D eigenvalue weighted by Gasteiger charge is -2.14. The van der Waals surface area contributed by atoms with Gasteiger partial charge in [0.05, 0.1) is 6.61 Å². The fourth-order valence-corrected chi connectivity index (χ4v) is 1.88. The Morgan fingerprint density at radius 2 is 1.78 bits per heavy atom. The van der Waals surface area contributed by atoms with Gasteiger partial charge in [-0.25, -0.2) is 0 Å². The summed E-state index contributed by atoms with van der Waals surface area (Å²) in [4.78, 5) is 0. The number of ether oxygens (including phenoxy) is 1. The largest absolute Gasteiger partial charge is 0.494 e. The maximum absolute atomic E-state index is 5.58. The predicted octanol–water partition coefficient (Wildman–Crippen LogP) is 4.32. The van der Waals surface area contributed by atoms with Crippen molar-refractivity contribution in [3.63, 3.8) is 0 Å². The van der Waals surface area contributed by atoms with Gasteiger partial charge in [0.25, 0.3) is 0 Å². The summed E-state index contributed by atoms with van der Waals surface area (Å²) in [6, 6.07) is 8.86. The average Bonchev–Trinajstić information content (AvgIpc) is 2.41. The predicted molar refractivity (Wildman–Crippen MR) is 78.2 cm³/mol. The highest BCUT2D eigenvalue weighted by molar-refractivity contribution is 5.28. The van der Waals surface area contributed by atoms with Gasteiger partial charge in [0.2, 0.25) is 0 Å². The van der Waals surface area contributed by atoms with Gasteiger partial charge in [-0.2, -0.15) is 0 Å². The monoisotopic (exact) mass is 249 g/mol. The summed E-state index contributed by atoms with van der Waals surface area (Å²) in [5, 5.41) is 3.56. The second-order valence-electron chi connectivity index (χ2n) is 4.80. The highest BCUT2D eigenvalue weighted by Crippen LogP contribution is 2.17. The quantitative estimate of drug-likeness (QED) is 0.658. The van der Waals surface area contributed by atoms with Crippen LogP contribution in [0.2, 0.25) is 0 Å². The van der Waals surface area contributed by atoms with Crippen molar-refractivity contribution in [2.45, 2.75) is 52.5 Å². The molecule has 1 atom stereocenters. The van der Waals surface area contributed by atoms with Gasteiger partial charge < -0.3 is 10.1 Å². The molecule has 0 heterocycles. The van der Waals surface area contributed by atoms with E-state index in [9.17, 15) is 0 Å². The Morgan fingerprint density at radius 1 is 1.06 bits per heavy atom. The van der Waals surface area contributed by atoms with Gasteiger partial charge in [-0.3, -0.25) is 0 Å². The summed E-state index contributed by atoms with van der Waals surface area (Å²) in [6.07, 6.45) is 4.90. The van der Waals surface area contributed by atoms with Crippen LogP contribution in [-0.4, -0.2) is 13.2 Å². The lowest BCUT2D eigenvalue weighted by molar-refractivity contribution is 0.317. The molecular weight excluding hydrogens is 222 g/mol. The van der Waals surface area contributed by atoms with Gasteiger partial charge in [0.15, 0.2) is 0 Å². The maximum atomic E-state index is 5.58. The average molecular weight is 249 g/mol. The second kappa shape index (κ2) is 8.98. The molecule has 1 unspecified atom stereocenters. The van der Waals surface area contributed by atoms with E-state index in [1.54, 1.807) is 0 Å². The molecule has 0 radical (unpaired) electrons. The molecule has 1 aromatic carbocycles. The zero-order valence-corrected chi connectivity index (χ0v) is 12.0. The molecule has 0 spiro atoms. The van der Waals surface area contributed by atoms with E-state index >= 15 is 0 Å². The van der Waals surface area contributed by atoms with Gasteiger partial charge in [-0.05, 0) is 44.0 Å². The van der Waals surface area contributed by atoms with E-state index in [-0.39, 0.29) is 0 Å². The number of hydrogen-bond acceptors (Lipinski definition) is 2. The molecule has 0 bridgehead atoms. The van der Waals surface area contributed by atoms with Gasteiger partial charge in [-0.1, -0.05) is 38.8 Å². The minimum atomic E-state index is 0.419. The van der Waals surface area contributed by atoms with Gasteiger partial charge in [0.1, 0.15) is 5.75 Å². The SMILES string of the molecule is CCCCCNC(C)c1ccc(OCCC)cc1. The molecular formula is C16H27NO. The second-order valence-corrected chi connectivity index (χ2v) is 4.80. The van der Waals surface area contributed by atoms with E-state index in [1.807, 2.05) is 0 Å². The van der Waals surface area contributed by atoms with E-state index in [2.05, 4.69) is 50.4 Å². The third-order valence-corrected chi connectivity index (χ3v) is 3.08. The fourth-order valence-electron chi connectivity index (χ4n) is 1.88. The molecule has 1 rings (SSSR count). The van der Waals surface area contributed by atoms with Crippen LogP contribution in [0, 0.1) is 0 Å². The number of hydrogen-bond donors (Lipinski definition) is 1. The molecule has 0 aliphatic rings. The van der Waals surface area contributed by atoms with Crippen molar-refractivity contribution >= 4 is 0 Å². The topological polar surface area (TPSA) is 21.3 Å². The molecule has 2 nitrogen and oxygen atoms in total. The van der Waals surface area contributed by atoms with Crippen LogP contribution in [0.3, 0.4) is 0 Å². The Labute approximate surface area is 112 Å². The summed E-state index contributed by atoms with van der Waals surface area (Å²) in [5.74, 6) is 0.971. The summed E-state index contributed by atoms with van der Waals surface area (Å²) in [6.45, 7) is 8.47. The molecule has 1 aromatic rings. The van der Waals surface area contributed by atoms with E-state index in [4.69, 9.17) is 4.74 Å². The van der Waals surface area contributed by atoms with Crippen LogP contribution >= 0.6 is 0 Å². The standard InChI is InChI=1S/C16H27NO/c1-4-6-7-12-17-14(3)15-8-10-16(11-9-15)18-13-5-2/h8-11,14,17H,4-7,12-13H2,1-3H3. The van der Waals surface area contributed by atoms with Crippen molar-refractivity contribution in [2.24, 2.45) is 0 Å². The summed E-state index contributed by atoms with van der Waals surface area (Å²) < 4.78 is 5.58. The highest BCUT2D eigenvalue weighted by Gasteiger charge is 2.04. The van der Waals surface area contributed by atoms with Crippen molar-refractivity contribution in [3.05, 3.63) is 29.8 Å². The first-order valence-electron chi connectivity index (χ1n) is 7.24. The first-order valence-corrected chi connectivity index (χ1v) is 7.24. The molecule has 0 aliphatic heterocycles. The molecule has 0 amide bonds. The normalized spacial score (nSPS) is 12.4. The third kappa shape index (κ3) is 5.54. The molecule has 0 saturated heterocycles. The third-order valence-electron chi connectivity index (χ3n) is 3.08. The maximum Gasteiger partial charge on any atom is 0.119 e. The van der Waals surface area contributed by atoms with Crippen LogP contribution < -0.4 is 10.1 Å². The van der Waals surface area contributed by atoms with E-state index < -0.39 is 0 Å². The van der Waals surface area contributed by atoms with Gasteiger partial charge in [0, 0.05) is 6.04 Å². The molecule has 102 valence electrons. The van der Waals surface area contributed by atoms with Crippen molar-refractivity contribution < 1.29 is 4.74 Å². The van der Waals surface area contributed by atoms with Crippen LogP contribution in [0.4, 0.5) is 0 Å². The number of unbranched alkanes of at least 4 members (excludes halogenated alkanes) is 2. The molecule has 1 N–H and O–H groups in total. The first-order chi connectivity index (χ1) is 8.77. The van der Waals surface area contributed by atoms with Crippen LogP contribution in [-0.2, 0) is 0 Å². The van der Waals surface area contributed by atoms with Crippen LogP contribution in [0.1, 0.15) is 58.1 Å². The smallest absolute Gasteiger partial charge is 0.119 e. The molecule has 0 fully saturated rings. The van der Waals surface area contributed by atoms with E-state index in [0.29, 0.717) is 6.04 Å². The Bertz CT molecular complexity index is 307. The Balaban J connectivity index is 2.36. The Morgan fingerprint density at radius 3 is 2.39 bits per heavy atom. The summed E-state index contributed by atoms with van der Waals surface area (Å²) in [5.41, 5.74) is 1.33. The number of rotatable bonds is 9. The molecule has 2 heteroatoms. The van der Waals surface area contributed by atoms with E-state index in [0.717, 1.165) is 25.3 Å². The van der Waals surface area contributed by atoms with Crippen LogP contribution in [0.25, 0.3) is 0 Å². The van der Waals surface area contributed by atoms with Crippen molar-refractivity contribution in [2.75, 3.05) is 13.2 Å². The Kier molecular flexibility index (Phi) is 7.51. The minimum absolute atomic E-state index is 0.419. The van der Waals surface area contributed by atoms with Gasteiger partial charge in [-0.15, -0.1) is 0 Å². The fraction of sp³-hybridized carbons (Fsp3) is 0.625. The number of benzene rings is 1. The highest BCUT2D eigenvalue weighted by atomic mass is 16.5. The molecule has 0 aromatic heterocycles. The first kappa shape index (κ1) is 15.0.